The average molecular weight is 290 g/mol. The smallest absolute Gasteiger partial charge is 0.220 e. The van der Waals surface area contributed by atoms with E-state index in [1.54, 1.807) is 12.4 Å². The summed E-state index contributed by atoms with van der Waals surface area (Å²) in [6.07, 6.45) is 5.34. The Hall–Kier alpha value is -1.95. The normalized spacial score (nSPS) is 10.9. The second kappa shape index (κ2) is 3.81. The van der Waals surface area contributed by atoms with Crippen LogP contribution in [-0.4, -0.2) is 19.4 Å². The molecular formula is C11H8BrN5. The van der Waals surface area contributed by atoms with Gasteiger partial charge in [0.15, 0.2) is 0 Å². The fourth-order valence-corrected chi connectivity index (χ4v) is 2.06. The molecule has 6 heteroatoms. The number of nitrogens with zero attached hydrogens (tertiary/aromatic N) is 4. The number of imidazole rings is 1. The zero-order chi connectivity index (χ0) is 11.8. The molecule has 0 aliphatic heterocycles. The van der Waals surface area contributed by atoms with Crippen molar-refractivity contribution in [1.82, 2.24) is 19.4 Å². The van der Waals surface area contributed by atoms with Crippen LogP contribution in [0.3, 0.4) is 0 Å². The fraction of sp³-hybridized carbons (Fsp3) is 0. The lowest BCUT2D eigenvalue weighted by Crippen LogP contribution is -1.98. The summed E-state index contributed by atoms with van der Waals surface area (Å²) >= 11 is 3.42. The van der Waals surface area contributed by atoms with E-state index < -0.39 is 0 Å². The third-order valence-electron chi connectivity index (χ3n) is 2.42. The largest absolute Gasteiger partial charge is 0.368 e. The molecule has 0 spiro atoms. The van der Waals surface area contributed by atoms with E-state index in [2.05, 4.69) is 30.9 Å². The number of halogens is 1. The number of anilines is 1. The molecule has 0 fully saturated rings. The molecule has 0 bridgehead atoms. The van der Waals surface area contributed by atoms with Crippen molar-refractivity contribution < 1.29 is 0 Å². The summed E-state index contributed by atoms with van der Waals surface area (Å²) in [5.74, 6) is 0.245. The predicted octanol–water partition coefficient (Wildman–Crippen LogP) is 2.14. The first-order valence-corrected chi connectivity index (χ1v) is 5.75. The number of nitrogen functional groups attached to an aromatic ring is 1. The molecule has 3 heterocycles. The van der Waals surface area contributed by atoms with E-state index in [1.807, 2.05) is 28.8 Å². The van der Waals surface area contributed by atoms with Crippen LogP contribution in [0.1, 0.15) is 0 Å². The van der Waals surface area contributed by atoms with Gasteiger partial charge in [-0.2, -0.15) is 0 Å². The highest BCUT2D eigenvalue weighted by atomic mass is 79.9. The number of rotatable bonds is 1. The summed E-state index contributed by atoms with van der Waals surface area (Å²) in [6.45, 7) is 0. The number of fused-ring (bicyclic) bond motifs is 1. The van der Waals surface area contributed by atoms with Gasteiger partial charge >= 0.3 is 0 Å². The van der Waals surface area contributed by atoms with Crippen molar-refractivity contribution >= 4 is 27.5 Å². The minimum atomic E-state index is 0.245. The third kappa shape index (κ3) is 1.66. The molecular weight excluding hydrogens is 282 g/mol. The maximum absolute atomic E-state index is 5.60. The molecule has 2 N–H and O–H groups in total. The van der Waals surface area contributed by atoms with Crippen LogP contribution in [0.5, 0.6) is 0 Å². The van der Waals surface area contributed by atoms with Gasteiger partial charge in [0, 0.05) is 12.4 Å². The molecule has 84 valence electrons. The van der Waals surface area contributed by atoms with E-state index in [4.69, 9.17) is 5.73 Å². The first-order valence-electron chi connectivity index (χ1n) is 4.96. The number of aromatic nitrogens is 4. The summed E-state index contributed by atoms with van der Waals surface area (Å²) in [7, 11) is 0. The second-order valence-electron chi connectivity index (χ2n) is 3.50. The van der Waals surface area contributed by atoms with E-state index in [9.17, 15) is 0 Å². The Morgan fingerprint density at radius 2 is 2.06 bits per heavy atom. The first-order chi connectivity index (χ1) is 8.25. The fourth-order valence-electron chi connectivity index (χ4n) is 1.67. The molecule has 0 aliphatic rings. The molecule has 0 aliphatic carbocycles. The van der Waals surface area contributed by atoms with Crippen molar-refractivity contribution in [2.75, 3.05) is 5.73 Å². The van der Waals surface area contributed by atoms with Crippen LogP contribution in [0.4, 0.5) is 5.95 Å². The van der Waals surface area contributed by atoms with Gasteiger partial charge in [-0.25, -0.2) is 15.0 Å². The lowest BCUT2D eigenvalue weighted by molar-refractivity contribution is 1.13. The monoisotopic (exact) mass is 289 g/mol. The van der Waals surface area contributed by atoms with Crippen molar-refractivity contribution in [2.45, 2.75) is 0 Å². The molecule has 0 unspecified atom stereocenters. The maximum Gasteiger partial charge on any atom is 0.220 e. The Morgan fingerprint density at radius 1 is 1.18 bits per heavy atom. The summed E-state index contributed by atoms with van der Waals surface area (Å²) in [5, 5.41) is 0. The van der Waals surface area contributed by atoms with Gasteiger partial charge in [-0.05, 0) is 28.1 Å². The highest BCUT2D eigenvalue weighted by Gasteiger charge is 2.11. The van der Waals surface area contributed by atoms with Crippen molar-refractivity contribution in [3.8, 4) is 11.4 Å². The van der Waals surface area contributed by atoms with Gasteiger partial charge in [0.2, 0.25) is 5.95 Å². The van der Waals surface area contributed by atoms with Gasteiger partial charge in [0.25, 0.3) is 0 Å². The Morgan fingerprint density at radius 3 is 2.94 bits per heavy atom. The third-order valence-corrected chi connectivity index (χ3v) is 3.00. The van der Waals surface area contributed by atoms with Gasteiger partial charge in [-0.3, -0.25) is 4.40 Å². The molecule has 0 saturated carbocycles. The van der Waals surface area contributed by atoms with E-state index in [0.717, 1.165) is 21.5 Å². The van der Waals surface area contributed by atoms with E-state index >= 15 is 0 Å². The topological polar surface area (TPSA) is 69.1 Å². The minimum Gasteiger partial charge on any atom is -0.368 e. The number of nitrogens with two attached hydrogens (primary N) is 1. The SMILES string of the molecule is Nc1ncc(Br)c(-c2cnc3ccccn23)n1. The van der Waals surface area contributed by atoms with Gasteiger partial charge in [-0.15, -0.1) is 0 Å². The van der Waals surface area contributed by atoms with Crippen molar-refractivity contribution in [2.24, 2.45) is 0 Å². The molecule has 3 aromatic heterocycles. The summed E-state index contributed by atoms with van der Waals surface area (Å²) in [5.41, 5.74) is 8.08. The summed E-state index contributed by atoms with van der Waals surface area (Å²) < 4.78 is 2.74. The molecule has 0 radical (unpaired) electrons. The Kier molecular flexibility index (Phi) is 2.29. The molecule has 0 atom stereocenters. The van der Waals surface area contributed by atoms with Crippen molar-refractivity contribution in [1.29, 1.82) is 0 Å². The zero-order valence-corrected chi connectivity index (χ0v) is 10.3. The number of hydrogen-bond donors (Lipinski definition) is 1. The molecule has 3 aromatic rings. The quantitative estimate of drug-likeness (QED) is 0.745. The van der Waals surface area contributed by atoms with Gasteiger partial charge in [0.05, 0.1) is 16.4 Å². The van der Waals surface area contributed by atoms with E-state index in [1.165, 1.54) is 0 Å². The number of pyridine rings is 1. The Labute approximate surface area is 105 Å². The van der Waals surface area contributed by atoms with Crippen LogP contribution in [0, 0.1) is 0 Å². The number of hydrogen-bond acceptors (Lipinski definition) is 4. The molecule has 17 heavy (non-hydrogen) atoms. The standard InChI is InChI=1S/C11H8BrN5/c12-7-5-15-11(13)16-10(7)8-6-14-9-3-1-2-4-17(8)9/h1-6H,(H2,13,15,16). The Balaban J connectivity index is 2.31. The highest BCUT2D eigenvalue weighted by molar-refractivity contribution is 9.10. The van der Waals surface area contributed by atoms with Crippen molar-refractivity contribution in [3.05, 3.63) is 41.3 Å². The van der Waals surface area contributed by atoms with Gasteiger partial charge < -0.3 is 5.73 Å². The average Bonchev–Trinajstić information content (AvgIpc) is 2.76. The van der Waals surface area contributed by atoms with Crippen LogP contribution >= 0.6 is 15.9 Å². The van der Waals surface area contributed by atoms with Crippen LogP contribution in [0.15, 0.2) is 41.3 Å². The van der Waals surface area contributed by atoms with E-state index in [0.29, 0.717) is 0 Å². The molecule has 5 nitrogen and oxygen atoms in total. The van der Waals surface area contributed by atoms with Crippen LogP contribution < -0.4 is 5.73 Å². The lowest BCUT2D eigenvalue weighted by atomic mass is 10.3. The van der Waals surface area contributed by atoms with Crippen LogP contribution in [0.25, 0.3) is 17.0 Å². The molecule has 0 aromatic carbocycles. The van der Waals surface area contributed by atoms with Gasteiger partial charge in [-0.1, -0.05) is 6.07 Å². The Bertz CT molecular complexity index is 691. The zero-order valence-electron chi connectivity index (χ0n) is 8.71. The molecule has 0 saturated heterocycles. The van der Waals surface area contributed by atoms with Crippen molar-refractivity contribution in [3.63, 3.8) is 0 Å². The van der Waals surface area contributed by atoms with Gasteiger partial charge in [0.1, 0.15) is 11.3 Å². The second-order valence-corrected chi connectivity index (χ2v) is 4.35. The predicted molar refractivity (Wildman–Crippen MR) is 68.3 cm³/mol. The summed E-state index contributed by atoms with van der Waals surface area (Å²) in [4.78, 5) is 12.5. The lowest BCUT2D eigenvalue weighted by Gasteiger charge is -2.03. The van der Waals surface area contributed by atoms with Crippen LogP contribution in [0.2, 0.25) is 0 Å². The molecule has 3 rings (SSSR count). The summed E-state index contributed by atoms with van der Waals surface area (Å²) in [6, 6.07) is 5.81. The first kappa shape index (κ1) is 10.2. The van der Waals surface area contributed by atoms with E-state index in [-0.39, 0.29) is 5.95 Å². The van der Waals surface area contributed by atoms with Crippen LogP contribution in [-0.2, 0) is 0 Å². The molecule has 0 amide bonds. The minimum absolute atomic E-state index is 0.245. The maximum atomic E-state index is 5.60. The highest BCUT2D eigenvalue weighted by Crippen LogP contribution is 2.26.